The molecule has 9 nitrogen and oxygen atoms in total. The van der Waals surface area contributed by atoms with E-state index >= 15 is 0 Å². The Labute approximate surface area is 180 Å². The Morgan fingerprint density at radius 1 is 1.26 bits per heavy atom. The summed E-state index contributed by atoms with van der Waals surface area (Å²) in [5.41, 5.74) is 6.34. The summed E-state index contributed by atoms with van der Waals surface area (Å²) in [5, 5.41) is 2.79. The van der Waals surface area contributed by atoms with E-state index in [0.29, 0.717) is 35.8 Å². The van der Waals surface area contributed by atoms with E-state index < -0.39 is 26.0 Å². The lowest BCUT2D eigenvalue weighted by Gasteiger charge is -2.42. The van der Waals surface area contributed by atoms with Crippen LogP contribution in [-0.2, 0) is 15.4 Å². The van der Waals surface area contributed by atoms with Crippen molar-refractivity contribution >= 4 is 27.3 Å². The van der Waals surface area contributed by atoms with E-state index in [1.165, 1.54) is 13.3 Å². The fourth-order valence-electron chi connectivity index (χ4n) is 3.71. The van der Waals surface area contributed by atoms with Crippen LogP contribution >= 0.6 is 0 Å². The van der Waals surface area contributed by atoms with Gasteiger partial charge in [0.1, 0.15) is 33.3 Å². The fourth-order valence-corrected chi connectivity index (χ4v) is 5.43. The molecule has 2 aromatic rings. The highest BCUT2D eigenvalue weighted by Gasteiger charge is 2.52. The number of methoxy groups -OCH3 is 1. The molecule has 0 radical (unpaired) electrons. The molecule has 3 heterocycles. The van der Waals surface area contributed by atoms with Crippen LogP contribution in [0.5, 0.6) is 11.5 Å². The van der Waals surface area contributed by atoms with Crippen molar-refractivity contribution in [3.63, 3.8) is 0 Å². The van der Waals surface area contributed by atoms with Gasteiger partial charge in [0.05, 0.1) is 25.7 Å². The number of ether oxygens (including phenoxy) is 2. The summed E-state index contributed by atoms with van der Waals surface area (Å²) < 4.78 is 35.6. The first-order valence-electron chi connectivity index (χ1n) is 9.75. The molecule has 1 atom stereocenters. The number of carbonyl (C=O) groups excluding carboxylic acids is 1. The number of rotatable bonds is 3. The largest absolute Gasteiger partial charge is 0.495 e. The molecular weight excluding hydrogens is 420 g/mol. The Kier molecular flexibility index (Phi) is 4.92. The van der Waals surface area contributed by atoms with Crippen LogP contribution < -0.4 is 20.5 Å². The number of aliphatic imine (C=N–C) groups is 1. The highest BCUT2D eigenvalue weighted by Crippen LogP contribution is 2.46. The van der Waals surface area contributed by atoms with Crippen molar-refractivity contribution in [3.8, 4) is 11.5 Å². The van der Waals surface area contributed by atoms with Crippen molar-refractivity contribution in [1.29, 1.82) is 0 Å². The number of nitrogens with two attached hydrogens (primary N) is 1. The van der Waals surface area contributed by atoms with Gasteiger partial charge in [-0.3, -0.25) is 9.79 Å². The summed E-state index contributed by atoms with van der Waals surface area (Å²) in [5.74, 6) is 0.554. The van der Waals surface area contributed by atoms with Crippen LogP contribution in [0.25, 0.3) is 0 Å². The van der Waals surface area contributed by atoms with Crippen LogP contribution in [0.1, 0.15) is 36.3 Å². The quantitative estimate of drug-likeness (QED) is 0.738. The summed E-state index contributed by atoms with van der Waals surface area (Å²) in [6.45, 7) is 3.45. The van der Waals surface area contributed by atoms with E-state index in [1.807, 2.05) is 0 Å². The van der Waals surface area contributed by atoms with Crippen LogP contribution in [0.15, 0.2) is 41.5 Å². The lowest BCUT2D eigenvalue weighted by Crippen LogP contribution is -2.56. The number of pyridine rings is 1. The number of sulfone groups is 1. The van der Waals surface area contributed by atoms with Crippen LogP contribution in [0.2, 0.25) is 0 Å². The van der Waals surface area contributed by atoms with Gasteiger partial charge in [-0.2, -0.15) is 0 Å². The third-order valence-electron chi connectivity index (χ3n) is 5.87. The highest BCUT2D eigenvalue weighted by atomic mass is 32.2. The van der Waals surface area contributed by atoms with Gasteiger partial charge >= 0.3 is 0 Å². The summed E-state index contributed by atoms with van der Waals surface area (Å²) in [6.07, 6.45) is 1.82. The van der Waals surface area contributed by atoms with Gasteiger partial charge in [0.15, 0.2) is 9.84 Å². The molecule has 31 heavy (non-hydrogen) atoms. The van der Waals surface area contributed by atoms with Crippen molar-refractivity contribution in [1.82, 2.24) is 4.98 Å². The molecule has 2 aliphatic heterocycles. The minimum Gasteiger partial charge on any atom is -0.495 e. The highest BCUT2D eigenvalue weighted by molar-refractivity contribution is 7.93. The number of amides is 1. The van der Waals surface area contributed by atoms with Crippen LogP contribution in [-0.4, -0.2) is 49.4 Å². The Morgan fingerprint density at radius 3 is 2.68 bits per heavy atom. The molecule has 1 spiro atoms. The molecule has 1 aromatic heterocycles. The third-order valence-corrected chi connectivity index (χ3v) is 8.50. The molecule has 2 aliphatic rings. The first kappa shape index (κ1) is 21.1. The number of nitrogens with one attached hydrogen (secondary N) is 1. The van der Waals surface area contributed by atoms with Crippen LogP contribution in [0.4, 0.5) is 5.69 Å². The van der Waals surface area contributed by atoms with Crippen LogP contribution in [0.3, 0.4) is 0 Å². The Balaban J connectivity index is 1.70. The maximum absolute atomic E-state index is 13.0. The average Bonchev–Trinajstić information content (AvgIpc) is 2.73. The van der Waals surface area contributed by atoms with Crippen molar-refractivity contribution in [3.05, 3.63) is 47.8 Å². The molecule has 164 valence electrons. The smallest absolute Gasteiger partial charge is 0.274 e. The first-order chi connectivity index (χ1) is 14.6. The molecule has 0 aliphatic carbocycles. The van der Waals surface area contributed by atoms with Crippen molar-refractivity contribution in [2.45, 2.75) is 30.6 Å². The molecular formula is C21H24N4O5S. The van der Waals surface area contributed by atoms with Gasteiger partial charge in [0.2, 0.25) is 0 Å². The number of carbonyl (C=O) groups is 1. The lowest BCUT2D eigenvalue weighted by molar-refractivity contribution is 0.102. The van der Waals surface area contributed by atoms with Crippen molar-refractivity contribution in [2.24, 2.45) is 10.7 Å². The van der Waals surface area contributed by atoms with Crippen LogP contribution in [0, 0.1) is 0 Å². The standard InChI is InChI=1S/C21H24N4O5S/c1-20(2)19(22)25-21(12-31(20,27)28)8-9-30-17-7-4-13(10-15(17)21)24-18(26)16-6-5-14(29-3)11-23-16/h4-7,10-11H,8-9,12H2,1-3H3,(H2,22,25)(H,24,26). The first-order valence-corrected chi connectivity index (χ1v) is 11.4. The predicted molar refractivity (Wildman–Crippen MR) is 116 cm³/mol. The minimum absolute atomic E-state index is 0.0727. The van der Waals surface area contributed by atoms with Gasteiger partial charge in [-0.25, -0.2) is 13.4 Å². The van der Waals surface area contributed by atoms with E-state index in [9.17, 15) is 13.2 Å². The molecule has 0 bridgehead atoms. The molecule has 0 saturated carbocycles. The zero-order chi connectivity index (χ0) is 22.4. The summed E-state index contributed by atoms with van der Waals surface area (Å²) in [4.78, 5) is 21.3. The van der Waals surface area contributed by atoms with Gasteiger partial charge in [-0.1, -0.05) is 0 Å². The molecule has 1 aromatic carbocycles. The van der Waals surface area contributed by atoms with E-state index in [1.54, 1.807) is 44.2 Å². The lowest BCUT2D eigenvalue weighted by atomic mass is 9.85. The molecule has 0 saturated heterocycles. The van der Waals surface area contributed by atoms with E-state index in [-0.39, 0.29) is 17.3 Å². The second-order valence-corrected chi connectivity index (χ2v) is 10.7. The maximum atomic E-state index is 13.0. The Hall–Kier alpha value is -3.14. The van der Waals surface area contributed by atoms with Gasteiger partial charge in [-0.15, -0.1) is 0 Å². The predicted octanol–water partition coefficient (Wildman–Crippen LogP) is 1.88. The number of fused-ring (bicyclic) bond motifs is 2. The van der Waals surface area contributed by atoms with Crippen molar-refractivity contribution in [2.75, 3.05) is 24.8 Å². The fraction of sp³-hybridized carbons (Fsp3) is 0.381. The second-order valence-electron chi connectivity index (χ2n) is 8.14. The zero-order valence-electron chi connectivity index (χ0n) is 17.5. The molecule has 1 unspecified atom stereocenters. The number of nitrogens with zero attached hydrogens (tertiary/aromatic N) is 2. The molecule has 1 amide bonds. The van der Waals surface area contributed by atoms with E-state index in [4.69, 9.17) is 15.2 Å². The van der Waals surface area contributed by atoms with Gasteiger partial charge in [-0.05, 0) is 44.2 Å². The second kappa shape index (κ2) is 7.23. The number of aromatic nitrogens is 1. The minimum atomic E-state index is -3.57. The van der Waals surface area contributed by atoms with Gasteiger partial charge in [0.25, 0.3) is 5.91 Å². The molecule has 0 fully saturated rings. The summed E-state index contributed by atoms with van der Waals surface area (Å²) in [7, 11) is -2.05. The normalized spacial score (nSPS) is 23.3. The number of anilines is 1. The summed E-state index contributed by atoms with van der Waals surface area (Å²) >= 11 is 0. The SMILES string of the molecule is COc1ccc(C(=O)Nc2ccc3c(c2)C2(CCO3)CS(=O)(=O)C(C)(C)C(N)=N2)nc1. The molecule has 4 rings (SSSR count). The van der Waals surface area contributed by atoms with Gasteiger partial charge < -0.3 is 20.5 Å². The van der Waals surface area contributed by atoms with E-state index in [2.05, 4.69) is 15.3 Å². The number of hydrogen-bond donors (Lipinski definition) is 2. The molecule has 10 heteroatoms. The average molecular weight is 445 g/mol. The zero-order valence-corrected chi connectivity index (χ0v) is 18.3. The molecule has 3 N–H and O–H groups in total. The van der Waals surface area contributed by atoms with Crippen molar-refractivity contribution < 1.29 is 22.7 Å². The summed E-state index contributed by atoms with van der Waals surface area (Å²) in [6, 6.07) is 8.28. The number of amidine groups is 1. The maximum Gasteiger partial charge on any atom is 0.274 e. The third kappa shape index (κ3) is 3.50. The monoisotopic (exact) mass is 444 g/mol. The Bertz CT molecular complexity index is 1170. The van der Waals surface area contributed by atoms with Gasteiger partial charge in [0, 0.05) is 17.7 Å². The van der Waals surface area contributed by atoms with E-state index in [0.717, 1.165) is 0 Å². The number of hydrogen-bond acceptors (Lipinski definition) is 8. The number of benzene rings is 1. The topological polar surface area (TPSA) is 133 Å². The Morgan fingerprint density at radius 2 is 2.03 bits per heavy atom.